The van der Waals surface area contributed by atoms with Crippen molar-refractivity contribution in [3.05, 3.63) is 23.8 Å². The van der Waals surface area contributed by atoms with Gasteiger partial charge in [0.25, 0.3) is 5.91 Å². The average molecular weight is 278 g/mol. The minimum Gasteiger partial charge on any atom is -0.454 e. The van der Waals surface area contributed by atoms with Crippen LogP contribution < -0.4 is 20.1 Å². The monoisotopic (exact) mass is 278 g/mol. The first-order valence-corrected chi connectivity index (χ1v) is 6.80. The van der Waals surface area contributed by atoms with Gasteiger partial charge in [-0.3, -0.25) is 4.79 Å². The van der Waals surface area contributed by atoms with Crippen LogP contribution in [0.25, 0.3) is 0 Å². The molecule has 6 nitrogen and oxygen atoms in total. The first kappa shape index (κ1) is 13.2. The Morgan fingerprint density at radius 3 is 3.10 bits per heavy atom. The molecular weight excluding hydrogens is 260 g/mol. The van der Waals surface area contributed by atoms with Gasteiger partial charge in [0.1, 0.15) is 0 Å². The third-order valence-corrected chi connectivity index (χ3v) is 3.75. The summed E-state index contributed by atoms with van der Waals surface area (Å²) in [6.45, 7) is 2.14. The molecule has 1 saturated heterocycles. The zero-order chi connectivity index (χ0) is 13.9. The van der Waals surface area contributed by atoms with Crippen LogP contribution in [0.15, 0.2) is 18.2 Å². The number of piperidine rings is 1. The van der Waals surface area contributed by atoms with E-state index in [1.807, 2.05) is 0 Å². The van der Waals surface area contributed by atoms with Gasteiger partial charge in [-0.25, -0.2) is 0 Å². The van der Waals surface area contributed by atoms with E-state index in [1.54, 1.807) is 18.2 Å². The van der Waals surface area contributed by atoms with Crippen LogP contribution in [-0.2, 0) is 0 Å². The Morgan fingerprint density at radius 2 is 2.25 bits per heavy atom. The number of ether oxygens (including phenoxy) is 2. The lowest BCUT2D eigenvalue weighted by atomic mass is 9.95. The molecule has 2 aliphatic heterocycles. The third-order valence-electron chi connectivity index (χ3n) is 3.75. The first-order chi connectivity index (χ1) is 9.74. The maximum absolute atomic E-state index is 12.1. The molecule has 3 N–H and O–H groups in total. The highest BCUT2D eigenvalue weighted by Gasteiger charge is 2.23. The quantitative estimate of drug-likeness (QED) is 0.731. The maximum Gasteiger partial charge on any atom is 0.251 e. The highest BCUT2D eigenvalue weighted by atomic mass is 16.7. The molecule has 1 fully saturated rings. The van der Waals surface area contributed by atoms with Crippen molar-refractivity contribution in [1.82, 2.24) is 10.6 Å². The molecule has 2 aliphatic rings. The molecule has 1 aromatic carbocycles. The molecule has 3 rings (SSSR count). The summed E-state index contributed by atoms with van der Waals surface area (Å²) in [4.78, 5) is 12.1. The molecule has 1 amide bonds. The molecule has 0 aromatic heterocycles. The van der Waals surface area contributed by atoms with Gasteiger partial charge in [-0.05, 0) is 31.2 Å². The molecular formula is C14H18N2O4. The van der Waals surface area contributed by atoms with Crippen LogP contribution in [0.3, 0.4) is 0 Å². The van der Waals surface area contributed by atoms with Crippen molar-refractivity contribution in [3.63, 3.8) is 0 Å². The number of nitrogens with one attached hydrogen (secondary N) is 2. The van der Waals surface area contributed by atoms with E-state index >= 15 is 0 Å². The number of aliphatic hydroxyl groups is 1. The van der Waals surface area contributed by atoms with Gasteiger partial charge in [0.05, 0.1) is 6.10 Å². The SMILES string of the molecule is O=C(NC[C@@H]1CCNC[C@H]1O)c1ccc2c(c1)OCO2. The summed E-state index contributed by atoms with van der Waals surface area (Å²) in [5, 5.41) is 15.8. The van der Waals surface area contributed by atoms with Gasteiger partial charge < -0.3 is 25.2 Å². The van der Waals surface area contributed by atoms with Crippen molar-refractivity contribution < 1.29 is 19.4 Å². The summed E-state index contributed by atoms with van der Waals surface area (Å²) in [6.07, 6.45) is 0.462. The van der Waals surface area contributed by atoms with Crippen LogP contribution in [0.2, 0.25) is 0 Å². The van der Waals surface area contributed by atoms with Crippen LogP contribution in [0.1, 0.15) is 16.8 Å². The van der Waals surface area contributed by atoms with Crippen molar-refractivity contribution in [2.24, 2.45) is 5.92 Å². The van der Waals surface area contributed by atoms with Crippen molar-refractivity contribution in [3.8, 4) is 11.5 Å². The van der Waals surface area contributed by atoms with Crippen LogP contribution in [-0.4, -0.2) is 43.5 Å². The predicted octanol–water partition coefficient (Wildman–Crippen LogP) is 0.116. The molecule has 2 heterocycles. The molecule has 0 spiro atoms. The highest BCUT2D eigenvalue weighted by molar-refractivity contribution is 5.94. The number of fused-ring (bicyclic) bond motifs is 1. The second-order valence-corrected chi connectivity index (χ2v) is 5.10. The number of benzene rings is 1. The van der Waals surface area contributed by atoms with Crippen LogP contribution in [0.5, 0.6) is 11.5 Å². The number of hydrogen-bond donors (Lipinski definition) is 3. The fourth-order valence-corrected chi connectivity index (χ4v) is 2.50. The number of carbonyl (C=O) groups is 1. The summed E-state index contributed by atoms with van der Waals surface area (Å²) in [5.41, 5.74) is 0.540. The number of β-amino-alcohol motifs (C(OH)–C–C–N with tert-alkyl or cyclic N) is 1. The minimum atomic E-state index is -0.402. The lowest BCUT2D eigenvalue weighted by molar-refractivity contribution is 0.0753. The molecule has 6 heteroatoms. The molecule has 0 unspecified atom stereocenters. The normalized spacial score (nSPS) is 24.4. The van der Waals surface area contributed by atoms with Crippen molar-refractivity contribution >= 4 is 5.91 Å². The lowest BCUT2D eigenvalue weighted by Crippen LogP contribution is -2.45. The zero-order valence-corrected chi connectivity index (χ0v) is 11.1. The Bertz CT molecular complexity index is 506. The number of rotatable bonds is 3. The lowest BCUT2D eigenvalue weighted by Gasteiger charge is -2.28. The summed E-state index contributed by atoms with van der Waals surface area (Å²) >= 11 is 0. The van der Waals surface area contributed by atoms with E-state index in [0.29, 0.717) is 30.2 Å². The van der Waals surface area contributed by atoms with Crippen molar-refractivity contribution in [2.45, 2.75) is 12.5 Å². The second kappa shape index (κ2) is 5.68. The van der Waals surface area contributed by atoms with Crippen LogP contribution in [0, 0.1) is 5.92 Å². The fraction of sp³-hybridized carbons (Fsp3) is 0.500. The molecule has 108 valence electrons. The number of carbonyl (C=O) groups excluding carboxylic acids is 1. The van der Waals surface area contributed by atoms with Gasteiger partial charge in [0, 0.05) is 24.6 Å². The average Bonchev–Trinajstić information content (AvgIpc) is 2.93. The summed E-state index contributed by atoms with van der Waals surface area (Å²) in [7, 11) is 0. The van der Waals surface area contributed by atoms with E-state index in [-0.39, 0.29) is 18.6 Å². The maximum atomic E-state index is 12.1. The van der Waals surface area contributed by atoms with Crippen LogP contribution in [0.4, 0.5) is 0 Å². The van der Waals surface area contributed by atoms with E-state index in [4.69, 9.17) is 9.47 Å². The summed E-state index contributed by atoms with van der Waals surface area (Å²) in [5.74, 6) is 1.21. The highest BCUT2D eigenvalue weighted by Crippen LogP contribution is 2.32. The predicted molar refractivity (Wildman–Crippen MR) is 71.9 cm³/mol. The molecule has 0 aliphatic carbocycles. The van der Waals surface area contributed by atoms with Crippen molar-refractivity contribution in [2.75, 3.05) is 26.4 Å². The number of hydrogen-bond acceptors (Lipinski definition) is 5. The fourth-order valence-electron chi connectivity index (χ4n) is 2.50. The Labute approximate surface area is 117 Å². The third kappa shape index (κ3) is 2.71. The van der Waals surface area contributed by atoms with E-state index < -0.39 is 6.10 Å². The van der Waals surface area contributed by atoms with Gasteiger partial charge in [-0.1, -0.05) is 0 Å². The Kier molecular flexibility index (Phi) is 3.75. The minimum absolute atomic E-state index is 0.106. The molecule has 20 heavy (non-hydrogen) atoms. The summed E-state index contributed by atoms with van der Waals surface area (Å²) in [6, 6.07) is 5.12. The van der Waals surface area contributed by atoms with Gasteiger partial charge in [0.2, 0.25) is 6.79 Å². The van der Waals surface area contributed by atoms with Gasteiger partial charge in [-0.15, -0.1) is 0 Å². The van der Waals surface area contributed by atoms with Gasteiger partial charge >= 0.3 is 0 Å². The van der Waals surface area contributed by atoms with Gasteiger partial charge in [0.15, 0.2) is 11.5 Å². The molecule has 2 atom stereocenters. The molecule has 0 saturated carbocycles. The van der Waals surface area contributed by atoms with Crippen LogP contribution >= 0.6 is 0 Å². The summed E-state index contributed by atoms with van der Waals surface area (Å²) < 4.78 is 10.5. The molecule has 0 radical (unpaired) electrons. The Hall–Kier alpha value is -1.79. The van der Waals surface area contributed by atoms with E-state index in [9.17, 15) is 9.90 Å². The molecule has 1 aromatic rings. The second-order valence-electron chi connectivity index (χ2n) is 5.10. The Balaban J connectivity index is 1.59. The molecule has 0 bridgehead atoms. The van der Waals surface area contributed by atoms with E-state index in [1.165, 1.54) is 0 Å². The van der Waals surface area contributed by atoms with Crippen molar-refractivity contribution in [1.29, 1.82) is 0 Å². The van der Waals surface area contributed by atoms with E-state index in [2.05, 4.69) is 10.6 Å². The standard InChI is InChI=1S/C14H18N2O4/c17-11-7-15-4-3-10(11)6-16-14(18)9-1-2-12-13(5-9)20-8-19-12/h1-2,5,10-11,15,17H,3-4,6-8H2,(H,16,18)/t10-,11+/m0/s1. The topological polar surface area (TPSA) is 79.8 Å². The Morgan fingerprint density at radius 1 is 1.40 bits per heavy atom. The van der Waals surface area contributed by atoms with E-state index in [0.717, 1.165) is 13.0 Å². The number of aliphatic hydroxyl groups excluding tert-OH is 1. The smallest absolute Gasteiger partial charge is 0.251 e. The first-order valence-electron chi connectivity index (χ1n) is 6.80. The number of amides is 1. The largest absolute Gasteiger partial charge is 0.454 e. The zero-order valence-electron chi connectivity index (χ0n) is 11.1. The van der Waals surface area contributed by atoms with Gasteiger partial charge in [-0.2, -0.15) is 0 Å².